The highest BCUT2D eigenvalue weighted by atomic mass is 28.4. The van der Waals surface area contributed by atoms with E-state index >= 15 is 0 Å². The molecule has 150 valence electrons. The summed E-state index contributed by atoms with van der Waals surface area (Å²) in [5, 5.41) is 0.0786. The molecular formula is C25H31N3Si. The molecule has 0 aliphatic carbocycles. The lowest BCUT2D eigenvalue weighted by Gasteiger charge is -2.57. The predicted molar refractivity (Wildman–Crippen MR) is 127 cm³/mol. The van der Waals surface area contributed by atoms with Gasteiger partial charge in [-0.3, -0.25) is 0 Å². The van der Waals surface area contributed by atoms with E-state index in [1.54, 1.807) is 0 Å². The normalized spacial score (nSPS) is 16.1. The Balaban J connectivity index is 2.14. The smallest absolute Gasteiger partial charge is 0.285 e. The molecule has 2 heterocycles. The summed E-state index contributed by atoms with van der Waals surface area (Å²) in [6.45, 7) is 14.4. The summed E-state index contributed by atoms with van der Waals surface area (Å²) in [4.78, 5) is 4.84. The van der Waals surface area contributed by atoms with Gasteiger partial charge in [0.2, 0.25) is 0 Å². The van der Waals surface area contributed by atoms with Crippen molar-refractivity contribution < 1.29 is 0 Å². The number of fused-ring (bicyclic) bond motifs is 1. The standard InChI is InChI=1S/C25H31N3Si/c1-24(2,3)29(25(4,5)6)27(20-14-8-7-9-15-20)21-16-10-11-17-22(21)28(29)23-18-12-13-19-26-23/h7-19H,1-6H3. The molecule has 0 spiro atoms. The summed E-state index contributed by atoms with van der Waals surface area (Å²) in [6.07, 6.45) is 1.91. The van der Waals surface area contributed by atoms with Gasteiger partial charge in [-0.05, 0) is 46.5 Å². The van der Waals surface area contributed by atoms with Crippen LogP contribution in [0.2, 0.25) is 10.1 Å². The molecule has 4 heteroatoms. The van der Waals surface area contributed by atoms with E-state index in [-0.39, 0.29) is 10.1 Å². The number of pyridine rings is 1. The average Bonchev–Trinajstić information content (AvgIpc) is 3.01. The summed E-state index contributed by atoms with van der Waals surface area (Å²) in [5.74, 6) is 1.04. The molecule has 3 aromatic rings. The third kappa shape index (κ3) is 2.81. The maximum Gasteiger partial charge on any atom is 0.285 e. The number of nitrogens with zero attached hydrogens (tertiary/aromatic N) is 3. The van der Waals surface area contributed by atoms with Crippen LogP contribution in [0.25, 0.3) is 0 Å². The predicted octanol–water partition coefficient (Wildman–Crippen LogP) is 7.41. The van der Waals surface area contributed by atoms with Crippen LogP contribution in [0.4, 0.5) is 22.9 Å². The average molecular weight is 402 g/mol. The zero-order valence-corrected chi connectivity index (χ0v) is 19.3. The Labute approximate surface area is 176 Å². The van der Waals surface area contributed by atoms with Crippen LogP contribution in [0.15, 0.2) is 79.0 Å². The van der Waals surface area contributed by atoms with Crippen molar-refractivity contribution in [1.29, 1.82) is 0 Å². The molecule has 29 heavy (non-hydrogen) atoms. The molecule has 0 bridgehead atoms. The van der Waals surface area contributed by atoms with Crippen LogP contribution in [0.1, 0.15) is 41.5 Å². The molecule has 1 aromatic heterocycles. The Morgan fingerprint density at radius 2 is 1.14 bits per heavy atom. The highest BCUT2D eigenvalue weighted by Crippen LogP contribution is 2.65. The largest absolute Gasteiger partial charge is 0.348 e. The van der Waals surface area contributed by atoms with Crippen LogP contribution in [-0.4, -0.2) is 13.4 Å². The molecule has 0 saturated heterocycles. The van der Waals surface area contributed by atoms with Crippen molar-refractivity contribution in [2.45, 2.75) is 51.6 Å². The van der Waals surface area contributed by atoms with Gasteiger partial charge in [0.1, 0.15) is 5.82 Å². The van der Waals surface area contributed by atoms with E-state index < -0.39 is 8.40 Å². The summed E-state index contributed by atoms with van der Waals surface area (Å²) < 4.78 is 5.28. The van der Waals surface area contributed by atoms with Crippen molar-refractivity contribution in [2.75, 3.05) is 9.13 Å². The van der Waals surface area contributed by atoms with Crippen molar-refractivity contribution >= 4 is 31.3 Å². The SMILES string of the molecule is CC(C)(C)[Si]1(C(C)(C)C)N(c2ccccc2)c2ccccc2N1c1ccccn1. The number of rotatable bonds is 2. The van der Waals surface area contributed by atoms with E-state index in [1.165, 1.54) is 17.1 Å². The Kier molecular flexibility index (Phi) is 4.58. The molecule has 0 amide bonds. The third-order valence-corrected chi connectivity index (χ3v) is 12.4. The van der Waals surface area contributed by atoms with Crippen molar-refractivity contribution in [3.8, 4) is 0 Å². The van der Waals surface area contributed by atoms with E-state index in [1.807, 2.05) is 12.3 Å². The van der Waals surface area contributed by atoms with Crippen molar-refractivity contribution in [3.05, 3.63) is 79.0 Å². The van der Waals surface area contributed by atoms with Crippen LogP contribution < -0.4 is 9.13 Å². The number of anilines is 4. The third-order valence-electron chi connectivity index (χ3n) is 6.00. The molecule has 3 nitrogen and oxygen atoms in total. The molecular weight excluding hydrogens is 370 g/mol. The topological polar surface area (TPSA) is 19.4 Å². The minimum atomic E-state index is -2.48. The highest BCUT2D eigenvalue weighted by Gasteiger charge is 2.67. The van der Waals surface area contributed by atoms with Gasteiger partial charge in [-0.1, -0.05) is 77.9 Å². The fourth-order valence-electron chi connectivity index (χ4n) is 5.44. The summed E-state index contributed by atoms with van der Waals surface area (Å²) >= 11 is 0. The Bertz CT molecular complexity index is 905. The highest BCUT2D eigenvalue weighted by molar-refractivity contribution is 6.95. The summed E-state index contributed by atoms with van der Waals surface area (Å²) in [7, 11) is -2.48. The number of benzene rings is 2. The molecule has 0 unspecified atom stereocenters. The van der Waals surface area contributed by atoms with Gasteiger partial charge in [0.05, 0.1) is 11.4 Å². The Morgan fingerprint density at radius 1 is 0.621 bits per heavy atom. The molecule has 2 aromatic carbocycles. The Hall–Kier alpha value is -2.59. The molecule has 4 rings (SSSR count). The molecule has 1 aliphatic rings. The van der Waals surface area contributed by atoms with Crippen molar-refractivity contribution in [3.63, 3.8) is 0 Å². The molecule has 1 aliphatic heterocycles. The summed E-state index contributed by atoms with van der Waals surface area (Å²) in [6, 6.07) is 26.0. The van der Waals surface area contributed by atoms with E-state index in [0.717, 1.165) is 5.82 Å². The van der Waals surface area contributed by atoms with E-state index in [2.05, 4.69) is 117 Å². The zero-order valence-electron chi connectivity index (χ0n) is 18.3. The van der Waals surface area contributed by atoms with Gasteiger partial charge in [-0.2, -0.15) is 0 Å². The second kappa shape index (κ2) is 6.73. The maximum atomic E-state index is 4.84. The van der Waals surface area contributed by atoms with Gasteiger partial charge in [-0.25, -0.2) is 4.98 Å². The second-order valence-electron chi connectivity index (χ2n) is 9.86. The maximum absolute atomic E-state index is 4.84. The first-order valence-electron chi connectivity index (χ1n) is 10.4. The minimum Gasteiger partial charge on any atom is -0.348 e. The second-order valence-corrected chi connectivity index (χ2v) is 15.1. The first-order chi connectivity index (χ1) is 13.7. The van der Waals surface area contributed by atoms with Crippen molar-refractivity contribution in [2.24, 2.45) is 0 Å². The monoisotopic (exact) mass is 401 g/mol. The van der Waals surface area contributed by atoms with Gasteiger partial charge in [0, 0.05) is 11.9 Å². The lowest BCUT2D eigenvalue weighted by Crippen LogP contribution is -2.70. The summed E-state index contributed by atoms with van der Waals surface area (Å²) in [5.41, 5.74) is 3.79. The van der Waals surface area contributed by atoms with E-state index in [9.17, 15) is 0 Å². The lowest BCUT2D eigenvalue weighted by molar-refractivity contribution is 0.604. The van der Waals surface area contributed by atoms with Gasteiger partial charge >= 0.3 is 0 Å². The fourth-order valence-corrected chi connectivity index (χ4v) is 12.6. The van der Waals surface area contributed by atoms with Crippen LogP contribution >= 0.6 is 0 Å². The van der Waals surface area contributed by atoms with Gasteiger partial charge < -0.3 is 9.13 Å². The van der Waals surface area contributed by atoms with Gasteiger partial charge in [-0.15, -0.1) is 0 Å². The number of hydrogen-bond acceptors (Lipinski definition) is 3. The fraction of sp³-hybridized carbons (Fsp3) is 0.320. The lowest BCUT2D eigenvalue weighted by atomic mass is 10.2. The number of aromatic nitrogens is 1. The molecule has 0 fully saturated rings. The van der Waals surface area contributed by atoms with E-state index in [0.29, 0.717) is 0 Å². The van der Waals surface area contributed by atoms with E-state index in [4.69, 9.17) is 4.98 Å². The molecule has 0 radical (unpaired) electrons. The Morgan fingerprint density at radius 3 is 1.66 bits per heavy atom. The van der Waals surface area contributed by atoms with Crippen LogP contribution in [0.3, 0.4) is 0 Å². The zero-order chi connectivity index (χ0) is 20.9. The van der Waals surface area contributed by atoms with Gasteiger partial charge in [0.15, 0.2) is 0 Å². The quantitative estimate of drug-likeness (QED) is 0.417. The first kappa shape index (κ1) is 19.7. The van der Waals surface area contributed by atoms with Crippen LogP contribution in [0.5, 0.6) is 0 Å². The number of para-hydroxylation sites is 3. The molecule has 0 atom stereocenters. The van der Waals surface area contributed by atoms with Crippen LogP contribution in [0, 0.1) is 0 Å². The van der Waals surface area contributed by atoms with Gasteiger partial charge in [0.25, 0.3) is 8.40 Å². The number of hydrogen-bond donors (Lipinski definition) is 0. The van der Waals surface area contributed by atoms with Crippen molar-refractivity contribution in [1.82, 2.24) is 4.98 Å². The molecule has 0 N–H and O–H groups in total. The molecule has 0 saturated carbocycles. The van der Waals surface area contributed by atoms with Crippen LogP contribution in [-0.2, 0) is 0 Å². The minimum absolute atomic E-state index is 0.0393. The first-order valence-corrected chi connectivity index (χ1v) is 12.2.